The zero-order valence-electron chi connectivity index (χ0n) is 13.5. The van der Waals surface area contributed by atoms with E-state index in [1.54, 1.807) is 18.3 Å². The molecule has 5 nitrogen and oxygen atoms in total. The highest BCUT2D eigenvalue weighted by Crippen LogP contribution is 2.24. The topological polar surface area (TPSA) is 71.5 Å². The highest BCUT2D eigenvalue weighted by Gasteiger charge is 2.20. The maximum Gasteiger partial charge on any atom is 0.251 e. The Morgan fingerprint density at radius 2 is 2.27 bits per heavy atom. The van der Waals surface area contributed by atoms with Crippen LogP contribution in [-0.4, -0.2) is 35.3 Å². The van der Waals surface area contributed by atoms with Gasteiger partial charge in [0.15, 0.2) is 0 Å². The highest BCUT2D eigenvalue weighted by atomic mass is 16.5. The Labute approximate surface area is 132 Å². The van der Waals surface area contributed by atoms with Gasteiger partial charge in [0.1, 0.15) is 6.10 Å². The van der Waals surface area contributed by atoms with Crippen LogP contribution in [0.4, 0.5) is 0 Å². The van der Waals surface area contributed by atoms with Crippen molar-refractivity contribution < 1.29 is 14.6 Å². The Bertz CT molecular complexity index is 498. The van der Waals surface area contributed by atoms with E-state index < -0.39 is 0 Å². The monoisotopic (exact) mass is 306 g/mol. The lowest BCUT2D eigenvalue weighted by Crippen LogP contribution is -2.27. The van der Waals surface area contributed by atoms with Gasteiger partial charge in [-0.25, -0.2) is 4.98 Å². The van der Waals surface area contributed by atoms with Gasteiger partial charge in [-0.3, -0.25) is 4.79 Å². The van der Waals surface area contributed by atoms with Crippen molar-refractivity contribution in [3.63, 3.8) is 0 Å². The summed E-state index contributed by atoms with van der Waals surface area (Å²) >= 11 is 0. The van der Waals surface area contributed by atoms with Crippen molar-refractivity contribution in [2.24, 2.45) is 5.41 Å². The summed E-state index contributed by atoms with van der Waals surface area (Å²) in [5.74, 6) is 0.418. The number of aromatic nitrogens is 1. The number of amides is 1. The third-order valence-corrected chi connectivity index (χ3v) is 4.08. The lowest BCUT2D eigenvalue weighted by atomic mass is 9.89. The molecule has 0 bridgehead atoms. The van der Waals surface area contributed by atoms with Crippen molar-refractivity contribution >= 4 is 5.91 Å². The van der Waals surface area contributed by atoms with Crippen molar-refractivity contribution in [3.8, 4) is 5.88 Å². The van der Waals surface area contributed by atoms with E-state index >= 15 is 0 Å². The number of ether oxygens (including phenoxy) is 1. The maximum atomic E-state index is 12.1. The van der Waals surface area contributed by atoms with Crippen LogP contribution in [0.15, 0.2) is 18.3 Å². The first-order valence-electron chi connectivity index (χ1n) is 8.02. The molecule has 0 unspecified atom stereocenters. The van der Waals surface area contributed by atoms with Crippen molar-refractivity contribution in [2.45, 2.75) is 52.1 Å². The average Bonchev–Trinajstić information content (AvgIpc) is 2.47. The summed E-state index contributed by atoms with van der Waals surface area (Å²) in [5, 5.41) is 12.1. The predicted octanol–water partition coefficient (Wildman–Crippen LogP) is 2.54. The van der Waals surface area contributed by atoms with Crippen LogP contribution in [0, 0.1) is 5.41 Å². The van der Waals surface area contributed by atoms with E-state index in [0.29, 0.717) is 18.0 Å². The van der Waals surface area contributed by atoms with Crippen LogP contribution in [0.3, 0.4) is 0 Å². The second kappa shape index (κ2) is 7.58. The molecule has 0 atom stereocenters. The number of rotatable bonds is 8. The Kier molecular flexibility index (Phi) is 5.77. The quantitative estimate of drug-likeness (QED) is 0.724. The van der Waals surface area contributed by atoms with Crippen LogP contribution in [0.25, 0.3) is 0 Å². The minimum absolute atomic E-state index is 0.0921. The molecule has 2 rings (SSSR count). The largest absolute Gasteiger partial charge is 0.474 e. The first-order valence-corrected chi connectivity index (χ1v) is 8.02. The molecule has 5 heteroatoms. The molecule has 0 saturated heterocycles. The number of aliphatic hydroxyl groups is 1. The van der Waals surface area contributed by atoms with Crippen LogP contribution in [0.5, 0.6) is 5.88 Å². The van der Waals surface area contributed by atoms with Gasteiger partial charge >= 0.3 is 0 Å². The number of aliphatic hydroxyl groups excluding tert-OH is 1. The number of carbonyl (C=O) groups excluding carboxylic acids is 1. The first-order chi connectivity index (χ1) is 10.5. The average molecular weight is 306 g/mol. The lowest BCUT2D eigenvalue weighted by molar-refractivity contribution is 0.0943. The lowest BCUT2D eigenvalue weighted by Gasteiger charge is -2.25. The number of hydrogen-bond acceptors (Lipinski definition) is 4. The molecule has 1 aliphatic rings. The van der Waals surface area contributed by atoms with E-state index in [2.05, 4.69) is 10.3 Å². The number of nitrogens with zero attached hydrogens (tertiary/aromatic N) is 1. The van der Waals surface area contributed by atoms with Gasteiger partial charge < -0.3 is 15.2 Å². The minimum atomic E-state index is -0.109. The molecule has 0 radical (unpaired) electrons. The van der Waals surface area contributed by atoms with Crippen molar-refractivity contribution in [1.29, 1.82) is 0 Å². The van der Waals surface area contributed by atoms with Crippen LogP contribution in [0.2, 0.25) is 0 Å². The van der Waals surface area contributed by atoms with E-state index in [9.17, 15) is 9.90 Å². The molecule has 1 saturated carbocycles. The van der Waals surface area contributed by atoms with Gasteiger partial charge in [0.2, 0.25) is 5.88 Å². The summed E-state index contributed by atoms with van der Waals surface area (Å²) < 4.78 is 5.71. The van der Waals surface area contributed by atoms with E-state index in [0.717, 1.165) is 25.7 Å². The van der Waals surface area contributed by atoms with Gasteiger partial charge in [0.05, 0.1) is 0 Å². The smallest absolute Gasteiger partial charge is 0.251 e. The summed E-state index contributed by atoms with van der Waals surface area (Å²) in [5.41, 5.74) is 0.483. The molecule has 1 heterocycles. The molecular weight excluding hydrogens is 280 g/mol. The Morgan fingerprint density at radius 1 is 1.50 bits per heavy atom. The molecule has 2 N–H and O–H groups in total. The van der Waals surface area contributed by atoms with E-state index in [-0.39, 0.29) is 24.0 Å². The standard InChI is InChI=1S/C17H26N2O3/c1-17(2,12-20)8-4-9-19-16(21)13-7-10-18-15(11-13)22-14-5-3-6-14/h7,10-11,14,20H,3-6,8-9,12H2,1-2H3,(H,19,21). The van der Waals surface area contributed by atoms with E-state index in [4.69, 9.17) is 4.74 Å². The van der Waals surface area contributed by atoms with Crippen molar-refractivity contribution in [1.82, 2.24) is 10.3 Å². The molecule has 1 aliphatic carbocycles. The highest BCUT2D eigenvalue weighted by molar-refractivity contribution is 5.94. The van der Waals surface area contributed by atoms with Gasteiger partial charge in [-0.15, -0.1) is 0 Å². The van der Waals surface area contributed by atoms with Crippen LogP contribution < -0.4 is 10.1 Å². The van der Waals surface area contributed by atoms with Crippen molar-refractivity contribution in [2.75, 3.05) is 13.2 Å². The summed E-state index contributed by atoms with van der Waals surface area (Å²) in [6.45, 7) is 4.79. The minimum Gasteiger partial charge on any atom is -0.474 e. The fraction of sp³-hybridized carbons (Fsp3) is 0.647. The van der Waals surface area contributed by atoms with Gasteiger partial charge in [0, 0.05) is 31.0 Å². The molecule has 0 aliphatic heterocycles. The second-order valence-electron chi connectivity index (χ2n) is 6.74. The number of nitrogens with one attached hydrogen (secondary N) is 1. The third kappa shape index (κ3) is 4.98. The number of pyridine rings is 1. The van der Waals surface area contributed by atoms with Gasteiger partial charge in [-0.1, -0.05) is 13.8 Å². The zero-order valence-corrected chi connectivity index (χ0v) is 13.5. The molecular formula is C17H26N2O3. The van der Waals surface area contributed by atoms with Gasteiger partial charge in [-0.05, 0) is 43.6 Å². The predicted molar refractivity (Wildman–Crippen MR) is 84.9 cm³/mol. The molecule has 122 valence electrons. The summed E-state index contributed by atoms with van der Waals surface area (Å²) in [7, 11) is 0. The molecule has 1 aromatic heterocycles. The Balaban J connectivity index is 1.78. The normalized spacial score (nSPS) is 15.2. The van der Waals surface area contributed by atoms with E-state index in [1.165, 1.54) is 6.42 Å². The Morgan fingerprint density at radius 3 is 2.91 bits per heavy atom. The second-order valence-corrected chi connectivity index (χ2v) is 6.74. The van der Waals surface area contributed by atoms with Crippen LogP contribution in [-0.2, 0) is 0 Å². The third-order valence-electron chi connectivity index (χ3n) is 4.08. The first kappa shape index (κ1) is 16.7. The molecule has 0 aromatic carbocycles. The molecule has 1 amide bonds. The number of carbonyl (C=O) groups is 1. The van der Waals surface area contributed by atoms with Crippen molar-refractivity contribution in [3.05, 3.63) is 23.9 Å². The van der Waals surface area contributed by atoms with Gasteiger partial charge in [-0.2, -0.15) is 0 Å². The molecule has 1 fully saturated rings. The summed E-state index contributed by atoms with van der Waals surface area (Å²) in [6.07, 6.45) is 6.92. The molecule has 1 aromatic rings. The SMILES string of the molecule is CC(C)(CO)CCCNC(=O)c1ccnc(OC2CCC2)c1. The fourth-order valence-electron chi connectivity index (χ4n) is 2.22. The maximum absolute atomic E-state index is 12.1. The van der Waals surface area contributed by atoms with Crippen LogP contribution in [0.1, 0.15) is 56.3 Å². The Hall–Kier alpha value is -1.62. The zero-order chi connectivity index (χ0) is 16.0. The molecule has 0 spiro atoms. The number of hydrogen-bond donors (Lipinski definition) is 2. The summed E-state index contributed by atoms with van der Waals surface area (Å²) in [6, 6.07) is 3.39. The van der Waals surface area contributed by atoms with Crippen LogP contribution >= 0.6 is 0 Å². The van der Waals surface area contributed by atoms with E-state index in [1.807, 2.05) is 13.8 Å². The van der Waals surface area contributed by atoms with Gasteiger partial charge in [0.25, 0.3) is 5.91 Å². The molecule has 22 heavy (non-hydrogen) atoms. The summed E-state index contributed by atoms with van der Waals surface area (Å²) in [4.78, 5) is 16.3. The fourth-order valence-corrected chi connectivity index (χ4v) is 2.22.